The van der Waals surface area contributed by atoms with Crippen LogP contribution >= 0.6 is 22.6 Å². The molecule has 0 aromatic heterocycles. The number of halogens is 1. The fourth-order valence-electron chi connectivity index (χ4n) is 2.05. The average Bonchev–Trinajstić information content (AvgIpc) is 2.26. The number of ether oxygens (including phenoxy) is 2. The Balaban J connectivity index is 2.20. The lowest BCUT2D eigenvalue weighted by atomic mass is 9.86. The molecule has 0 bridgehead atoms. The van der Waals surface area contributed by atoms with E-state index >= 15 is 0 Å². The summed E-state index contributed by atoms with van der Waals surface area (Å²) >= 11 is 2.46. The Labute approximate surface area is 107 Å². The zero-order chi connectivity index (χ0) is 11.1. The first-order valence-electron chi connectivity index (χ1n) is 6.00. The van der Waals surface area contributed by atoms with Crippen molar-refractivity contribution < 1.29 is 9.47 Å². The molecule has 0 radical (unpaired) electrons. The molecule has 0 aromatic rings. The van der Waals surface area contributed by atoms with Gasteiger partial charge in [0.1, 0.15) is 0 Å². The predicted molar refractivity (Wildman–Crippen MR) is 71.7 cm³/mol. The van der Waals surface area contributed by atoms with Gasteiger partial charge in [0.15, 0.2) is 0 Å². The monoisotopic (exact) mass is 326 g/mol. The minimum atomic E-state index is 0.166. The van der Waals surface area contributed by atoms with Crippen LogP contribution in [0.3, 0.4) is 0 Å². The van der Waals surface area contributed by atoms with Crippen LogP contribution < -0.4 is 0 Å². The van der Waals surface area contributed by atoms with Crippen molar-refractivity contribution in [3.05, 3.63) is 0 Å². The Bertz CT molecular complexity index is 165. The lowest BCUT2D eigenvalue weighted by Gasteiger charge is -2.35. The lowest BCUT2D eigenvalue weighted by molar-refractivity contribution is -0.0775. The van der Waals surface area contributed by atoms with Crippen molar-refractivity contribution >= 4 is 22.6 Å². The van der Waals surface area contributed by atoms with Gasteiger partial charge in [-0.2, -0.15) is 0 Å². The summed E-state index contributed by atoms with van der Waals surface area (Å²) in [4.78, 5) is 0. The highest BCUT2D eigenvalue weighted by molar-refractivity contribution is 14.1. The second kappa shape index (κ2) is 7.07. The van der Waals surface area contributed by atoms with Crippen molar-refractivity contribution in [2.75, 3.05) is 17.6 Å². The molecule has 1 aliphatic rings. The standard InChI is InChI=1S/C12H23IO2/c1-11(2)14-8-9-15-12(10-13)6-4-3-5-7-12/h11H,3-10H2,1-2H3. The Hall–Kier alpha value is 0.650. The van der Waals surface area contributed by atoms with Crippen LogP contribution in [0.2, 0.25) is 0 Å². The van der Waals surface area contributed by atoms with Crippen LogP contribution in [-0.2, 0) is 9.47 Å². The maximum absolute atomic E-state index is 6.04. The summed E-state index contributed by atoms with van der Waals surface area (Å²) in [5, 5.41) is 0. The fraction of sp³-hybridized carbons (Fsp3) is 1.00. The molecule has 1 fully saturated rings. The Morgan fingerprint density at radius 1 is 1.13 bits per heavy atom. The molecular weight excluding hydrogens is 303 g/mol. The third kappa shape index (κ3) is 5.00. The highest BCUT2D eigenvalue weighted by Gasteiger charge is 2.31. The van der Waals surface area contributed by atoms with Crippen molar-refractivity contribution in [1.29, 1.82) is 0 Å². The quantitative estimate of drug-likeness (QED) is 0.422. The molecule has 1 rings (SSSR count). The number of hydrogen-bond donors (Lipinski definition) is 0. The normalized spacial score (nSPS) is 20.8. The molecule has 0 heterocycles. The second-order valence-corrected chi connectivity index (χ2v) is 5.41. The third-order valence-electron chi connectivity index (χ3n) is 2.95. The van der Waals surface area contributed by atoms with Crippen LogP contribution in [0.25, 0.3) is 0 Å². The summed E-state index contributed by atoms with van der Waals surface area (Å²) in [6.07, 6.45) is 6.82. The summed E-state index contributed by atoms with van der Waals surface area (Å²) in [5.41, 5.74) is 0.166. The fourth-order valence-corrected chi connectivity index (χ4v) is 3.04. The zero-order valence-corrected chi connectivity index (χ0v) is 12.1. The van der Waals surface area contributed by atoms with E-state index in [9.17, 15) is 0 Å². The van der Waals surface area contributed by atoms with Crippen LogP contribution in [0.15, 0.2) is 0 Å². The SMILES string of the molecule is CC(C)OCCOC1(CI)CCCCC1. The van der Waals surface area contributed by atoms with Gasteiger partial charge in [-0.05, 0) is 26.7 Å². The van der Waals surface area contributed by atoms with Gasteiger partial charge < -0.3 is 9.47 Å². The largest absolute Gasteiger partial charge is 0.376 e. The van der Waals surface area contributed by atoms with Gasteiger partial charge in [0.05, 0.1) is 24.9 Å². The first-order valence-corrected chi connectivity index (χ1v) is 7.53. The summed E-state index contributed by atoms with van der Waals surface area (Å²) in [6, 6.07) is 0. The van der Waals surface area contributed by atoms with E-state index in [0.29, 0.717) is 6.10 Å². The van der Waals surface area contributed by atoms with Gasteiger partial charge in [0, 0.05) is 4.43 Å². The molecule has 0 saturated heterocycles. The van der Waals surface area contributed by atoms with E-state index in [0.717, 1.165) is 17.6 Å². The van der Waals surface area contributed by atoms with E-state index in [-0.39, 0.29) is 5.60 Å². The predicted octanol–water partition coefficient (Wildman–Crippen LogP) is 3.57. The first kappa shape index (κ1) is 13.7. The van der Waals surface area contributed by atoms with E-state index in [1.165, 1.54) is 32.1 Å². The summed E-state index contributed by atoms with van der Waals surface area (Å²) in [5.74, 6) is 0. The number of hydrogen-bond acceptors (Lipinski definition) is 2. The molecule has 0 aliphatic heterocycles. The molecule has 1 saturated carbocycles. The molecule has 1 aliphatic carbocycles. The maximum atomic E-state index is 6.04. The third-order valence-corrected chi connectivity index (χ3v) is 4.34. The van der Waals surface area contributed by atoms with Gasteiger partial charge in [0.25, 0.3) is 0 Å². The van der Waals surface area contributed by atoms with Gasteiger partial charge in [0.2, 0.25) is 0 Å². The van der Waals surface area contributed by atoms with E-state index < -0.39 is 0 Å². The molecule has 90 valence electrons. The molecule has 0 aromatic carbocycles. The minimum Gasteiger partial charge on any atom is -0.376 e. The summed E-state index contributed by atoms with van der Waals surface area (Å²) in [7, 11) is 0. The van der Waals surface area contributed by atoms with E-state index in [1.54, 1.807) is 0 Å². The first-order chi connectivity index (χ1) is 7.18. The van der Waals surface area contributed by atoms with Crippen molar-refractivity contribution in [3.63, 3.8) is 0 Å². The van der Waals surface area contributed by atoms with Gasteiger partial charge in [-0.25, -0.2) is 0 Å². The Morgan fingerprint density at radius 3 is 2.33 bits per heavy atom. The molecule has 0 spiro atoms. The van der Waals surface area contributed by atoms with E-state index in [4.69, 9.17) is 9.47 Å². The highest BCUT2D eigenvalue weighted by atomic mass is 127. The Kier molecular flexibility index (Phi) is 6.46. The van der Waals surface area contributed by atoms with Crippen molar-refractivity contribution in [2.24, 2.45) is 0 Å². The van der Waals surface area contributed by atoms with Gasteiger partial charge in [-0.3, -0.25) is 0 Å². The van der Waals surface area contributed by atoms with Crippen molar-refractivity contribution in [1.82, 2.24) is 0 Å². The molecule has 0 amide bonds. The molecular formula is C12H23IO2. The second-order valence-electron chi connectivity index (χ2n) is 4.65. The van der Waals surface area contributed by atoms with E-state index in [2.05, 4.69) is 36.4 Å². The van der Waals surface area contributed by atoms with Crippen LogP contribution in [0.1, 0.15) is 46.0 Å². The van der Waals surface area contributed by atoms with Crippen LogP contribution in [0.4, 0.5) is 0 Å². The highest BCUT2D eigenvalue weighted by Crippen LogP contribution is 2.33. The van der Waals surface area contributed by atoms with E-state index in [1.807, 2.05) is 0 Å². The summed E-state index contributed by atoms with van der Waals surface area (Å²) in [6.45, 7) is 5.61. The van der Waals surface area contributed by atoms with Crippen LogP contribution in [0, 0.1) is 0 Å². The van der Waals surface area contributed by atoms with Gasteiger partial charge in [-0.1, -0.05) is 41.9 Å². The van der Waals surface area contributed by atoms with Crippen LogP contribution in [0.5, 0.6) is 0 Å². The molecule has 0 atom stereocenters. The number of rotatable bonds is 6. The lowest BCUT2D eigenvalue weighted by Crippen LogP contribution is -2.38. The molecule has 0 unspecified atom stereocenters. The van der Waals surface area contributed by atoms with Crippen molar-refractivity contribution in [2.45, 2.75) is 57.7 Å². The number of alkyl halides is 1. The molecule has 15 heavy (non-hydrogen) atoms. The smallest absolute Gasteiger partial charge is 0.0772 e. The Morgan fingerprint density at radius 2 is 1.80 bits per heavy atom. The topological polar surface area (TPSA) is 18.5 Å². The van der Waals surface area contributed by atoms with Crippen molar-refractivity contribution in [3.8, 4) is 0 Å². The average molecular weight is 326 g/mol. The molecule has 3 heteroatoms. The zero-order valence-electron chi connectivity index (χ0n) is 9.93. The molecule has 0 N–H and O–H groups in total. The van der Waals surface area contributed by atoms with Gasteiger partial charge in [-0.15, -0.1) is 0 Å². The molecule has 2 nitrogen and oxygen atoms in total. The van der Waals surface area contributed by atoms with Gasteiger partial charge >= 0.3 is 0 Å². The van der Waals surface area contributed by atoms with Crippen LogP contribution in [-0.4, -0.2) is 29.3 Å². The minimum absolute atomic E-state index is 0.166. The summed E-state index contributed by atoms with van der Waals surface area (Å²) < 4.78 is 12.7. The maximum Gasteiger partial charge on any atom is 0.0772 e.